The molecule has 1 heterocycles. The van der Waals surface area contributed by atoms with Crippen molar-refractivity contribution >= 4 is 12.0 Å². The van der Waals surface area contributed by atoms with E-state index in [1.165, 1.54) is 18.7 Å². The standard InChI is InChI=1S/C21H30N6O3/c1-4-5-19(16(2)6-7-17(3)30-11-10-29-9-8-22)27-21(28)18(13-23)12-20-25-14-24-15-26-20/h6-7,12,14-15,19H,4-5,8-11,22H2,1-3H3,(H,27,28)/b16-6+,17-7+,18-12+. The summed E-state index contributed by atoms with van der Waals surface area (Å²) in [5.74, 6) is 0.514. The van der Waals surface area contributed by atoms with E-state index in [0.29, 0.717) is 26.4 Å². The second kappa shape index (κ2) is 14.8. The van der Waals surface area contributed by atoms with Gasteiger partial charge in [0.25, 0.3) is 5.91 Å². The van der Waals surface area contributed by atoms with Gasteiger partial charge in [0.1, 0.15) is 30.9 Å². The number of allylic oxidation sites excluding steroid dienone is 3. The average Bonchev–Trinajstić information content (AvgIpc) is 2.76. The van der Waals surface area contributed by atoms with Crippen LogP contribution in [0.3, 0.4) is 0 Å². The van der Waals surface area contributed by atoms with Crippen LogP contribution in [0, 0.1) is 11.3 Å². The summed E-state index contributed by atoms with van der Waals surface area (Å²) in [6.07, 6.45) is 9.30. The van der Waals surface area contributed by atoms with Gasteiger partial charge in [0, 0.05) is 12.6 Å². The van der Waals surface area contributed by atoms with Gasteiger partial charge in [0.15, 0.2) is 5.82 Å². The van der Waals surface area contributed by atoms with Gasteiger partial charge >= 0.3 is 0 Å². The van der Waals surface area contributed by atoms with Gasteiger partial charge < -0.3 is 20.5 Å². The van der Waals surface area contributed by atoms with Crippen molar-refractivity contribution in [2.24, 2.45) is 5.73 Å². The quantitative estimate of drug-likeness (QED) is 0.164. The van der Waals surface area contributed by atoms with Crippen LogP contribution in [0.1, 0.15) is 39.4 Å². The van der Waals surface area contributed by atoms with Gasteiger partial charge in [0.05, 0.1) is 25.0 Å². The fourth-order valence-electron chi connectivity index (χ4n) is 2.40. The Morgan fingerprint density at radius 2 is 2.00 bits per heavy atom. The highest BCUT2D eigenvalue weighted by Crippen LogP contribution is 2.11. The summed E-state index contributed by atoms with van der Waals surface area (Å²) in [5.41, 5.74) is 6.24. The second-order valence-corrected chi connectivity index (χ2v) is 6.42. The molecular weight excluding hydrogens is 384 g/mol. The molecule has 0 saturated heterocycles. The van der Waals surface area contributed by atoms with E-state index in [9.17, 15) is 10.1 Å². The first-order valence-corrected chi connectivity index (χ1v) is 9.82. The van der Waals surface area contributed by atoms with Crippen molar-refractivity contribution in [2.45, 2.75) is 39.7 Å². The predicted octanol–water partition coefficient (Wildman–Crippen LogP) is 1.91. The molecule has 1 amide bonds. The number of aromatic nitrogens is 3. The summed E-state index contributed by atoms with van der Waals surface area (Å²) >= 11 is 0. The summed E-state index contributed by atoms with van der Waals surface area (Å²) < 4.78 is 10.8. The maximum Gasteiger partial charge on any atom is 0.262 e. The molecule has 9 heteroatoms. The number of hydrogen-bond donors (Lipinski definition) is 2. The Kier molecular flexibility index (Phi) is 12.3. The van der Waals surface area contributed by atoms with Crippen LogP contribution >= 0.6 is 0 Å². The van der Waals surface area contributed by atoms with E-state index >= 15 is 0 Å². The molecular formula is C21H30N6O3. The molecule has 9 nitrogen and oxygen atoms in total. The third-order valence-electron chi connectivity index (χ3n) is 3.98. The Hall–Kier alpha value is -3.09. The minimum atomic E-state index is -0.474. The third kappa shape index (κ3) is 9.91. The van der Waals surface area contributed by atoms with Gasteiger partial charge in [-0.2, -0.15) is 5.26 Å². The monoisotopic (exact) mass is 414 g/mol. The molecule has 162 valence electrons. The van der Waals surface area contributed by atoms with Gasteiger partial charge in [-0.3, -0.25) is 4.79 Å². The molecule has 0 fully saturated rings. The second-order valence-electron chi connectivity index (χ2n) is 6.42. The molecule has 30 heavy (non-hydrogen) atoms. The Balaban J connectivity index is 2.76. The summed E-state index contributed by atoms with van der Waals surface area (Å²) in [6, 6.07) is 1.69. The van der Waals surface area contributed by atoms with Gasteiger partial charge in [-0.05, 0) is 26.3 Å². The maximum absolute atomic E-state index is 12.6. The normalized spacial score (nSPS) is 13.5. The molecule has 0 aliphatic rings. The molecule has 3 N–H and O–H groups in total. The third-order valence-corrected chi connectivity index (χ3v) is 3.98. The Labute approximate surface area is 177 Å². The maximum atomic E-state index is 12.6. The number of hydrogen-bond acceptors (Lipinski definition) is 8. The zero-order valence-electron chi connectivity index (χ0n) is 17.8. The number of nitrogens with one attached hydrogen (secondary N) is 1. The summed E-state index contributed by atoms with van der Waals surface area (Å²) in [5, 5.41) is 12.3. The molecule has 1 aromatic heterocycles. The van der Waals surface area contributed by atoms with Crippen molar-refractivity contribution in [1.82, 2.24) is 20.3 Å². The molecule has 0 aromatic carbocycles. The van der Waals surface area contributed by atoms with Crippen LogP contribution in [-0.4, -0.2) is 53.3 Å². The van der Waals surface area contributed by atoms with Gasteiger partial charge in [-0.25, -0.2) is 15.0 Å². The molecule has 0 bridgehead atoms. The highest BCUT2D eigenvalue weighted by molar-refractivity contribution is 6.01. The lowest BCUT2D eigenvalue weighted by Crippen LogP contribution is -2.36. The van der Waals surface area contributed by atoms with Gasteiger partial charge in [-0.15, -0.1) is 0 Å². The van der Waals surface area contributed by atoms with Crippen LogP contribution in [0.4, 0.5) is 0 Å². The highest BCUT2D eigenvalue weighted by Gasteiger charge is 2.17. The summed E-state index contributed by atoms with van der Waals surface area (Å²) in [7, 11) is 0. The zero-order chi connectivity index (χ0) is 22.2. The van der Waals surface area contributed by atoms with Crippen LogP contribution in [0.2, 0.25) is 0 Å². The minimum absolute atomic E-state index is 0.0670. The van der Waals surface area contributed by atoms with Crippen molar-refractivity contribution in [3.05, 3.63) is 47.5 Å². The number of nitrogens with two attached hydrogens (primary N) is 1. The van der Waals surface area contributed by atoms with E-state index in [-0.39, 0.29) is 17.4 Å². The average molecular weight is 415 g/mol. The lowest BCUT2D eigenvalue weighted by molar-refractivity contribution is -0.117. The number of amides is 1. The largest absolute Gasteiger partial charge is 0.496 e. The fourth-order valence-corrected chi connectivity index (χ4v) is 2.40. The van der Waals surface area contributed by atoms with Gasteiger partial charge in [0.2, 0.25) is 0 Å². The van der Waals surface area contributed by atoms with E-state index in [1.807, 2.05) is 39.0 Å². The molecule has 1 aromatic rings. The van der Waals surface area contributed by atoms with Crippen molar-refractivity contribution in [2.75, 3.05) is 26.4 Å². The van der Waals surface area contributed by atoms with Crippen LogP contribution in [0.25, 0.3) is 6.08 Å². The topological polar surface area (TPSA) is 136 Å². The summed E-state index contributed by atoms with van der Waals surface area (Å²) in [4.78, 5) is 24.1. The van der Waals surface area contributed by atoms with Crippen molar-refractivity contribution in [1.29, 1.82) is 5.26 Å². The Morgan fingerprint density at radius 1 is 1.27 bits per heavy atom. The lowest BCUT2D eigenvalue weighted by atomic mass is 10.0. The van der Waals surface area contributed by atoms with Crippen molar-refractivity contribution in [3.63, 3.8) is 0 Å². The van der Waals surface area contributed by atoms with E-state index in [1.54, 1.807) is 0 Å². The number of ether oxygens (including phenoxy) is 2. The molecule has 1 rings (SSSR count). The van der Waals surface area contributed by atoms with Crippen LogP contribution < -0.4 is 11.1 Å². The lowest BCUT2D eigenvalue weighted by Gasteiger charge is -2.18. The first-order chi connectivity index (χ1) is 14.5. The van der Waals surface area contributed by atoms with E-state index in [0.717, 1.165) is 24.2 Å². The molecule has 0 radical (unpaired) electrons. The van der Waals surface area contributed by atoms with Crippen molar-refractivity contribution in [3.8, 4) is 6.07 Å². The van der Waals surface area contributed by atoms with Crippen molar-refractivity contribution < 1.29 is 14.3 Å². The Morgan fingerprint density at radius 3 is 2.63 bits per heavy atom. The molecule has 1 unspecified atom stereocenters. The number of carbonyl (C=O) groups is 1. The number of nitriles is 1. The fraction of sp³-hybridized carbons (Fsp3) is 0.476. The van der Waals surface area contributed by atoms with Gasteiger partial charge in [-0.1, -0.05) is 25.0 Å². The SMILES string of the molecule is CCCC(NC(=O)/C(C#N)=C/c1ncncn1)/C(C)=C/C=C(\C)OCCOCCN. The van der Waals surface area contributed by atoms with E-state index < -0.39 is 5.91 Å². The molecule has 1 atom stereocenters. The Bertz CT molecular complexity index is 784. The predicted molar refractivity (Wildman–Crippen MR) is 114 cm³/mol. The molecule has 0 saturated carbocycles. The highest BCUT2D eigenvalue weighted by atomic mass is 16.5. The molecule has 0 spiro atoms. The minimum Gasteiger partial charge on any atom is -0.496 e. The number of nitrogens with zero attached hydrogens (tertiary/aromatic N) is 4. The van der Waals surface area contributed by atoms with E-state index in [4.69, 9.17) is 15.2 Å². The van der Waals surface area contributed by atoms with Crippen LogP contribution in [0.5, 0.6) is 0 Å². The first kappa shape index (κ1) is 24.9. The number of carbonyl (C=O) groups excluding carboxylic acids is 1. The first-order valence-electron chi connectivity index (χ1n) is 9.82. The number of rotatable bonds is 13. The zero-order valence-corrected chi connectivity index (χ0v) is 17.8. The molecule has 0 aliphatic carbocycles. The molecule has 0 aliphatic heterocycles. The smallest absolute Gasteiger partial charge is 0.262 e. The van der Waals surface area contributed by atoms with Crippen LogP contribution in [0.15, 0.2) is 41.7 Å². The van der Waals surface area contributed by atoms with E-state index in [2.05, 4.69) is 20.3 Å². The summed E-state index contributed by atoms with van der Waals surface area (Å²) in [6.45, 7) is 7.73. The van der Waals surface area contributed by atoms with Crippen LogP contribution in [-0.2, 0) is 14.3 Å².